The molecule has 1 aromatic rings. The van der Waals surface area contributed by atoms with Gasteiger partial charge in [0.2, 0.25) is 0 Å². The van der Waals surface area contributed by atoms with Gasteiger partial charge in [0.15, 0.2) is 0 Å². The fourth-order valence-electron chi connectivity index (χ4n) is 2.91. The van der Waals surface area contributed by atoms with Gasteiger partial charge in [0.05, 0.1) is 7.11 Å². The van der Waals surface area contributed by atoms with Crippen LogP contribution in [-0.4, -0.2) is 37.7 Å². The summed E-state index contributed by atoms with van der Waals surface area (Å²) in [4.78, 5) is 2.45. The predicted octanol–water partition coefficient (Wildman–Crippen LogP) is 2.80. The van der Waals surface area contributed by atoms with E-state index in [0.717, 1.165) is 43.9 Å². The largest absolute Gasteiger partial charge is 0.496 e. The fraction of sp³-hybridized carbons (Fsp3) is 0.625. The highest BCUT2D eigenvalue weighted by molar-refractivity contribution is 5.33. The van der Waals surface area contributed by atoms with Gasteiger partial charge in [-0.15, -0.1) is 0 Å². The Balaban J connectivity index is 2.12. The minimum absolute atomic E-state index is 0.195. The zero-order valence-electron chi connectivity index (χ0n) is 12.5. The number of halogens is 1. The van der Waals surface area contributed by atoms with E-state index < -0.39 is 0 Å². The lowest BCUT2D eigenvalue weighted by Gasteiger charge is -2.34. The molecule has 0 aromatic heterocycles. The first-order valence-corrected chi connectivity index (χ1v) is 7.51. The molecule has 1 fully saturated rings. The first-order chi connectivity index (χ1) is 9.74. The molecule has 1 atom stereocenters. The van der Waals surface area contributed by atoms with Crippen molar-refractivity contribution in [3.8, 4) is 5.75 Å². The second kappa shape index (κ2) is 7.60. The normalized spacial score (nSPS) is 19.3. The number of nitrogens with zero attached hydrogens (tertiary/aromatic N) is 1. The van der Waals surface area contributed by atoms with E-state index in [1.54, 1.807) is 19.2 Å². The number of nitrogens with one attached hydrogen (secondary N) is 1. The van der Waals surface area contributed by atoms with E-state index in [-0.39, 0.29) is 5.82 Å². The second-order valence-corrected chi connectivity index (χ2v) is 5.43. The summed E-state index contributed by atoms with van der Waals surface area (Å²) in [5.74, 6) is 0.579. The molecule has 1 aromatic carbocycles. The van der Waals surface area contributed by atoms with Gasteiger partial charge in [0.1, 0.15) is 11.6 Å². The van der Waals surface area contributed by atoms with Crippen molar-refractivity contribution < 1.29 is 9.13 Å². The van der Waals surface area contributed by atoms with Gasteiger partial charge in [-0.1, -0.05) is 6.92 Å². The molecular formula is C16H25FN2O. The van der Waals surface area contributed by atoms with Crippen LogP contribution in [0.25, 0.3) is 0 Å². The Bertz CT molecular complexity index is 419. The van der Waals surface area contributed by atoms with Crippen LogP contribution in [-0.2, 0) is 6.54 Å². The molecule has 2 rings (SSSR count). The van der Waals surface area contributed by atoms with Crippen molar-refractivity contribution >= 4 is 0 Å². The van der Waals surface area contributed by atoms with Crippen molar-refractivity contribution in [2.24, 2.45) is 0 Å². The zero-order valence-corrected chi connectivity index (χ0v) is 12.5. The van der Waals surface area contributed by atoms with Gasteiger partial charge in [0, 0.05) is 24.7 Å². The van der Waals surface area contributed by atoms with E-state index >= 15 is 0 Å². The molecule has 1 unspecified atom stereocenters. The summed E-state index contributed by atoms with van der Waals surface area (Å²) >= 11 is 0. The lowest BCUT2D eigenvalue weighted by atomic mass is 10.0. The number of methoxy groups -OCH3 is 1. The number of rotatable bonds is 6. The number of hydrogen-bond acceptors (Lipinski definition) is 3. The van der Waals surface area contributed by atoms with Crippen LogP contribution in [0.2, 0.25) is 0 Å². The molecule has 0 amide bonds. The summed E-state index contributed by atoms with van der Waals surface area (Å²) in [5, 5.41) is 3.45. The monoisotopic (exact) mass is 280 g/mol. The molecule has 1 saturated heterocycles. The summed E-state index contributed by atoms with van der Waals surface area (Å²) in [5.41, 5.74) is 0.937. The third kappa shape index (κ3) is 3.93. The Morgan fingerprint density at radius 2 is 2.30 bits per heavy atom. The van der Waals surface area contributed by atoms with Crippen LogP contribution >= 0.6 is 0 Å². The molecule has 0 spiro atoms. The Labute approximate surface area is 121 Å². The van der Waals surface area contributed by atoms with Gasteiger partial charge < -0.3 is 10.1 Å². The maximum Gasteiger partial charge on any atom is 0.123 e. The molecule has 4 heteroatoms. The Morgan fingerprint density at radius 1 is 1.45 bits per heavy atom. The maximum absolute atomic E-state index is 13.5. The van der Waals surface area contributed by atoms with Crippen molar-refractivity contribution in [1.29, 1.82) is 0 Å². The number of piperidine rings is 1. The molecule has 1 aliphatic rings. The number of hydrogen-bond donors (Lipinski definition) is 1. The summed E-state index contributed by atoms with van der Waals surface area (Å²) in [6.07, 6.45) is 3.53. The van der Waals surface area contributed by atoms with Crippen LogP contribution in [0.1, 0.15) is 31.7 Å². The molecule has 3 nitrogen and oxygen atoms in total. The van der Waals surface area contributed by atoms with E-state index in [9.17, 15) is 4.39 Å². The summed E-state index contributed by atoms with van der Waals surface area (Å²) in [6.45, 7) is 6.11. The van der Waals surface area contributed by atoms with Crippen molar-refractivity contribution in [3.63, 3.8) is 0 Å². The molecule has 1 heterocycles. The van der Waals surface area contributed by atoms with Gasteiger partial charge in [-0.2, -0.15) is 0 Å². The van der Waals surface area contributed by atoms with Crippen molar-refractivity contribution in [1.82, 2.24) is 10.2 Å². The second-order valence-electron chi connectivity index (χ2n) is 5.43. The van der Waals surface area contributed by atoms with Gasteiger partial charge >= 0.3 is 0 Å². The summed E-state index contributed by atoms with van der Waals surface area (Å²) in [6, 6.07) is 5.30. The third-order valence-corrected chi connectivity index (χ3v) is 3.91. The Kier molecular flexibility index (Phi) is 5.80. The van der Waals surface area contributed by atoms with E-state index in [0.29, 0.717) is 6.04 Å². The molecule has 1 N–H and O–H groups in total. The van der Waals surface area contributed by atoms with Crippen LogP contribution in [0.4, 0.5) is 4.39 Å². The molecule has 0 radical (unpaired) electrons. The molecule has 0 bridgehead atoms. The highest BCUT2D eigenvalue weighted by Gasteiger charge is 2.21. The first-order valence-electron chi connectivity index (χ1n) is 7.51. The number of ether oxygens (including phenoxy) is 1. The molecule has 20 heavy (non-hydrogen) atoms. The standard InChI is InChI=1S/C16H25FN2O/c1-3-9-19(15-5-4-8-18-11-15)12-13-10-14(17)6-7-16(13)20-2/h6-7,10,15,18H,3-5,8-9,11-12H2,1-2H3. The minimum Gasteiger partial charge on any atom is -0.496 e. The van der Waals surface area contributed by atoms with Crippen LogP contribution < -0.4 is 10.1 Å². The minimum atomic E-state index is -0.195. The van der Waals surface area contributed by atoms with Gasteiger partial charge in [-0.05, 0) is 50.6 Å². The Morgan fingerprint density at radius 3 is 2.95 bits per heavy atom. The average Bonchev–Trinajstić information content (AvgIpc) is 2.48. The van der Waals surface area contributed by atoms with Crippen molar-refractivity contribution in [3.05, 3.63) is 29.6 Å². The summed E-state index contributed by atoms with van der Waals surface area (Å²) in [7, 11) is 1.64. The van der Waals surface area contributed by atoms with Gasteiger partial charge in [-0.3, -0.25) is 4.90 Å². The van der Waals surface area contributed by atoms with Crippen molar-refractivity contribution in [2.45, 2.75) is 38.8 Å². The third-order valence-electron chi connectivity index (χ3n) is 3.91. The number of benzene rings is 1. The van der Waals surface area contributed by atoms with Crippen LogP contribution in [0.5, 0.6) is 5.75 Å². The fourth-order valence-corrected chi connectivity index (χ4v) is 2.91. The topological polar surface area (TPSA) is 24.5 Å². The van der Waals surface area contributed by atoms with E-state index in [4.69, 9.17) is 4.74 Å². The first kappa shape index (κ1) is 15.3. The molecule has 0 saturated carbocycles. The molecule has 112 valence electrons. The lowest BCUT2D eigenvalue weighted by Crippen LogP contribution is -2.45. The summed E-state index contributed by atoms with van der Waals surface area (Å²) < 4.78 is 18.8. The van der Waals surface area contributed by atoms with Crippen LogP contribution in [0.3, 0.4) is 0 Å². The molecule has 0 aliphatic carbocycles. The average molecular weight is 280 g/mol. The van der Waals surface area contributed by atoms with E-state index in [1.165, 1.54) is 18.9 Å². The SMILES string of the molecule is CCCN(Cc1cc(F)ccc1OC)C1CCCNC1. The smallest absolute Gasteiger partial charge is 0.123 e. The van der Waals surface area contributed by atoms with Gasteiger partial charge in [-0.25, -0.2) is 4.39 Å². The maximum atomic E-state index is 13.5. The van der Waals surface area contributed by atoms with E-state index in [2.05, 4.69) is 17.1 Å². The van der Waals surface area contributed by atoms with Crippen LogP contribution in [0, 0.1) is 5.82 Å². The van der Waals surface area contributed by atoms with Gasteiger partial charge in [0.25, 0.3) is 0 Å². The quantitative estimate of drug-likeness (QED) is 0.867. The highest BCUT2D eigenvalue weighted by Crippen LogP contribution is 2.23. The lowest BCUT2D eigenvalue weighted by molar-refractivity contribution is 0.156. The molecular weight excluding hydrogens is 255 g/mol. The van der Waals surface area contributed by atoms with E-state index in [1.807, 2.05) is 0 Å². The predicted molar refractivity (Wildman–Crippen MR) is 79.5 cm³/mol. The Hall–Kier alpha value is -1.13. The van der Waals surface area contributed by atoms with Crippen LogP contribution in [0.15, 0.2) is 18.2 Å². The molecule has 1 aliphatic heterocycles. The van der Waals surface area contributed by atoms with Crippen molar-refractivity contribution in [2.75, 3.05) is 26.7 Å². The zero-order chi connectivity index (χ0) is 14.4. The highest BCUT2D eigenvalue weighted by atomic mass is 19.1.